The summed E-state index contributed by atoms with van der Waals surface area (Å²) < 4.78 is 0. The van der Waals surface area contributed by atoms with Crippen molar-refractivity contribution in [1.29, 1.82) is 0 Å². The third kappa shape index (κ3) is 7.72. The third-order valence-corrected chi connectivity index (χ3v) is 5.88. The van der Waals surface area contributed by atoms with Crippen LogP contribution in [0.4, 0.5) is 10.5 Å². The lowest BCUT2D eigenvalue weighted by Crippen LogP contribution is -2.34. The zero-order chi connectivity index (χ0) is 21.9. The first-order chi connectivity index (χ1) is 15.1. The summed E-state index contributed by atoms with van der Waals surface area (Å²) in [6.07, 6.45) is 6.80. The molecule has 3 rings (SSSR count). The first-order valence-electron chi connectivity index (χ1n) is 11.3. The number of nitrogens with zero attached hydrogens (tertiary/aromatic N) is 1. The number of carbonyl (C=O) groups excluding carboxylic acids is 2. The summed E-state index contributed by atoms with van der Waals surface area (Å²) >= 11 is 0. The van der Waals surface area contributed by atoms with Crippen molar-refractivity contribution in [2.75, 3.05) is 18.9 Å². The van der Waals surface area contributed by atoms with Gasteiger partial charge in [0.15, 0.2) is 0 Å². The molecule has 3 amide bonds. The molecule has 6 heteroatoms. The predicted octanol–water partition coefficient (Wildman–Crippen LogP) is 4.28. The number of hydrogen-bond acceptors (Lipinski definition) is 3. The monoisotopic (exact) mass is 422 g/mol. The average molecular weight is 423 g/mol. The molecule has 0 heterocycles. The molecule has 1 saturated carbocycles. The fraction of sp³-hybridized carbons (Fsp3) is 0.440. The number of nitrogens with one attached hydrogen (secondary N) is 3. The Balaban J connectivity index is 1.40. The lowest BCUT2D eigenvalue weighted by molar-refractivity contribution is -0.121. The van der Waals surface area contributed by atoms with Gasteiger partial charge in [-0.05, 0) is 43.1 Å². The highest BCUT2D eigenvalue weighted by molar-refractivity contribution is 5.89. The number of anilines is 1. The van der Waals surface area contributed by atoms with Gasteiger partial charge in [-0.2, -0.15) is 0 Å². The number of para-hydroxylation sites is 1. The van der Waals surface area contributed by atoms with Crippen LogP contribution in [0.2, 0.25) is 0 Å². The van der Waals surface area contributed by atoms with Gasteiger partial charge in [-0.15, -0.1) is 0 Å². The van der Waals surface area contributed by atoms with Crippen LogP contribution < -0.4 is 16.0 Å². The van der Waals surface area contributed by atoms with Gasteiger partial charge in [-0.25, -0.2) is 4.79 Å². The van der Waals surface area contributed by atoms with Crippen molar-refractivity contribution in [2.45, 2.75) is 57.7 Å². The standard InChI is InChI=1S/C25H34N4O2/c1-29(23-14-6-3-7-15-23)19-21-11-9-8-10-20(21)18-27-24(30)16-17-26-25(31)28-22-12-4-2-5-13-22/h2,4-5,8-13,23H,3,6-7,14-19H2,1H3,(H,27,30)(H2,26,28,31). The molecule has 2 aromatic carbocycles. The van der Waals surface area contributed by atoms with E-state index in [0.717, 1.165) is 17.8 Å². The second-order valence-electron chi connectivity index (χ2n) is 8.25. The molecule has 1 fully saturated rings. The van der Waals surface area contributed by atoms with Crippen molar-refractivity contribution in [3.8, 4) is 0 Å². The summed E-state index contributed by atoms with van der Waals surface area (Å²) in [4.78, 5) is 26.6. The van der Waals surface area contributed by atoms with Crippen molar-refractivity contribution >= 4 is 17.6 Å². The molecule has 0 unspecified atom stereocenters. The number of hydrogen-bond donors (Lipinski definition) is 3. The van der Waals surface area contributed by atoms with Gasteiger partial charge in [0.25, 0.3) is 0 Å². The van der Waals surface area contributed by atoms with Gasteiger partial charge in [0, 0.05) is 37.8 Å². The zero-order valence-corrected chi connectivity index (χ0v) is 18.4. The molecule has 0 saturated heterocycles. The summed E-state index contributed by atoms with van der Waals surface area (Å²) in [5.74, 6) is -0.0737. The van der Waals surface area contributed by atoms with Crippen LogP contribution in [0.15, 0.2) is 54.6 Å². The van der Waals surface area contributed by atoms with E-state index >= 15 is 0 Å². The normalized spacial score (nSPS) is 14.3. The number of benzene rings is 2. The Labute approximate surface area is 185 Å². The molecular weight excluding hydrogens is 388 g/mol. The molecule has 0 atom stereocenters. The Hall–Kier alpha value is -2.86. The molecule has 1 aliphatic rings. The van der Waals surface area contributed by atoms with Crippen LogP contribution in [0.1, 0.15) is 49.7 Å². The fourth-order valence-corrected chi connectivity index (χ4v) is 4.07. The fourth-order valence-electron chi connectivity index (χ4n) is 4.07. The van der Waals surface area contributed by atoms with Gasteiger partial charge < -0.3 is 16.0 Å². The molecule has 0 aliphatic heterocycles. The van der Waals surface area contributed by atoms with Gasteiger partial charge in [-0.1, -0.05) is 61.7 Å². The van der Waals surface area contributed by atoms with Crippen LogP contribution in [-0.2, 0) is 17.9 Å². The summed E-state index contributed by atoms with van der Waals surface area (Å²) in [7, 11) is 2.21. The van der Waals surface area contributed by atoms with Crippen LogP contribution in [-0.4, -0.2) is 36.5 Å². The van der Waals surface area contributed by atoms with E-state index in [1.54, 1.807) is 0 Å². The minimum Gasteiger partial charge on any atom is -0.352 e. The average Bonchev–Trinajstić information content (AvgIpc) is 2.79. The van der Waals surface area contributed by atoms with Crippen molar-refractivity contribution in [2.24, 2.45) is 0 Å². The summed E-state index contributed by atoms with van der Waals surface area (Å²) in [6.45, 7) is 1.69. The molecule has 6 nitrogen and oxygen atoms in total. The van der Waals surface area contributed by atoms with Crippen molar-refractivity contribution < 1.29 is 9.59 Å². The van der Waals surface area contributed by atoms with Crippen molar-refractivity contribution in [1.82, 2.24) is 15.5 Å². The van der Waals surface area contributed by atoms with Gasteiger partial charge in [0.2, 0.25) is 5.91 Å². The SMILES string of the molecule is CN(Cc1ccccc1CNC(=O)CCNC(=O)Nc1ccccc1)C1CCCCC1. The van der Waals surface area contributed by atoms with E-state index in [1.165, 1.54) is 37.7 Å². The summed E-state index contributed by atoms with van der Waals surface area (Å²) in [5, 5.41) is 8.44. The summed E-state index contributed by atoms with van der Waals surface area (Å²) in [5.41, 5.74) is 3.13. The smallest absolute Gasteiger partial charge is 0.319 e. The molecule has 1 aliphatic carbocycles. The third-order valence-electron chi connectivity index (χ3n) is 5.88. The molecule has 0 spiro atoms. The topological polar surface area (TPSA) is 73.5 Å². The minimum atomic E-state index is -0.310. The van der Waals surface area contributed by atoms with Crippen LogP contribution in [0.5, 0.6) is 0 Å². The summed E-state index contributed by atoms with van der Waals surface area (Å²) in [6, 6.07) is 17.9. The van der Waals surface area contributed by atoms with E-state index in [4.69, 9.17) is 0 Å². The van der Waals surface area contributed by atoms with E-state index in [0.29, 0.717) is 12.6 Å². The first kappa shape index (κ1) is 22.8. The van der Waals surface area contributed by atoms with Crippen LogP contribution in [0.25, 0.3) is 0 Å². The van der Waals surface area contributed by atoms with Crippen LogP contribution in [0, 0.1) is 0 Å². The van der Waals surface area contributed by atoms with Crippen LogP contribution in [0.3, 0.4) is 0 Å². The Kier molecular flexibility index (Phi) is 8.91. The molecule has 0 bridgehead atoms. The van der Waals surface area contributed by atoms with E-state index in [2.05, 4.69) is 46.1 Å². The maximum absolute atomic E-state index is 12.2. The molecule has 3 N–H and O–H groups in total. The lowest BCUT2D eigenvalue weighted by atomic mass is 9.94. The maximum atomic E-state index is 12.2. The van der Waals surface area contributed by atoms with Crippen molar-refractivity contribution in [3.63, 3.8) is 0 Å². The number of rotatable bonds is 9. The highest BCUT2D eigenvalue weighted by Gasteiger charge is 2.18. The van der Waals surface area contributed by atoms with Gasteiger partial charge in [0.05, 0.1) is 0 Å². The molecule has 0 aromatic heterocycles. The van der Waals surface area contributed by atoms with E-state index in [9.17, 15) is 9.59 Å². The largest absolute Gasteiger partial charge is 0.352 e. The second kappa shape index (κ2) is 12.1. The van der Waals surface area contributed by atoms with Gasteiger partial charge in [0.1, 0.15) is 0 Å². The Morgan fingerprint density at radius 3 is 2.32 bits per heavy atom. The quantitative estimate of drug-likeness (QED) is 0.565. The van der Waals surface area contributed by atoms with E-state index in [1.807, 2.05) is 36.4 Å². The maximum Gasteiger partial charge on any atom is 0.319 e. The zero-order valence-electron chi connectivity index (χ0n) is 18.4. The first-order valence-corrected chi connectivity index (χ1v) is 11.3. The van der Waals surface area contributed by atoms with E-state index < -0.39 is 0 Å². The lowest BCUT2D eigenvalue weighted by Gasteiger charge is -2.31. The molecule has 2 aromatic rings. The Morgan fingerprint density at radius 1 is 0.903 bits per heavy atom. The van der Waals surface area contributed by atoms with Crippen LogP contribution >= 0.6 is 0 Å². The number of carbonyl (C=O) groups is 2. The molecule has 0 radical (unpaired) electrons. The number of amides is 3. The van der Waals surface area contributed by atoms with E-state index in [-0.39, 0.29) is 24.9 Å². The second-order valence-corrected chi connectivity index (χ2v) is 8.25. The number of urea groups is 1. The highest BCUT2D eigenvalue weighted by Crippen LogP contribution is 2.23. The Bertz CT molecular complexity index is 834. The van der Waals surface area contributed by atoms with Gasteiger partial charge >= 0.3 is 6.03 Å². The predicted molar refractivity (Wildman–Crippen MR) is 125 cm³/mol. The minimum absolute atomic E-state index is 0.0737. The highest BCUT2D eigenvalue weighted by atomic mass is 16.2. The van der Waals surface area contributed by atoms with Crippen molar-refractivity contribution in [3.05, 3.63) is 65.7 Å². The molecule has 31 heavy (non-hydrogen) atoms. The molecule has 166 valence electrons. The van der Waals surface area contributed by atoms with Gasteiger partial charge in [-0.3, -0.25) is 9.69 Å². The molecular formula is C25H34N4O2. The Morgan fingerprint density at radius 2 is 1.58 bits per heavy atom.